The highest BCUT2D eigenvalue weighted by molar-refractivity contribution is 4.66. The van der Waals surface area contributed by atoms with Crippen LogP contribution in [0.15, 0.2) is 18.7 Å². The first-order chi connectivity index (χ1) is 12.2. The molecule has 1 heterocycles. The van der Waals surface area contributed by atoms with Gasteiger partial charge in [0.15, 0.2) is 0 Å². The molecule has 0 aromatic carbocycles. The summed E-state index contributed by atoms with van der Waals surface area (Å²) in [5.41, 5.74) is 0. The summed E-state index contributed by atoms with van der Waals surface area (Å²) in [6, 6.07) is 0. The first-order valence-electron chi connectivity index (χ1n) is 11.3. The highest BCUT2D eigenvalue weighted by Gasteiger charge is 2.03. The number of aromatic nitrogens is 2. The lowest BCUT2D eigenvalue weighted by molar-refractivity contribution is -0.696. The van der Waals surface area contributed by atoms with E-state index in [-0.39, 0.29) is 0 Å². The zero-order valence-corrected chi connectivity index (χ0v) is 17.5. The second-order valence-corrected chi connectivity index (χ2v) is 8.31. The Bertz CT molecular complexity index is 395. The van der Waals surface area contributed by atoms with Crippen LogP contribution in [0.4, 0.5) is 0 Å². The highest BCUT2D eigenvalue weighted by Crippen LogP contribution is 2.10. The number of hydrogen-bond acceptors (Lipinski definition) is 0. The summed E-state index contributed by atoms with van der Waals surface area (Å²) in [7, 11) is 0. The molecule has 25 heavy (non-hydrogen) atoms. The Morgan fingerprint density at radius 2 is 1.36 bits per heavy atom. The molecule has 0 saturated heterocycles. The lowest BCUT2D eigenvalue weighted by Gasteiger charge is -2.03. The summed E-state index contributed by atoms with van der Waals surface area (Å²) in [5.74, 6) is 0.865. The molecule has 0 spiro atoms. The largest absolute Gasteiger partial charge is 0.243 e. The summed E-state index contributed by atoms with van der Waals surface area (Å²) in [5, 5.41) is 0. The van der Waals surface area contributed by atoms with E-state index >= 15 is 0 Å². The van der Waals surface area contributed by atoms with E-state index in [1.54, 1.807) is 0 Å². The molecule has 0 bridgehead atoms. The Hall–Kier alpha value is -0.790. The molecule has 2 heteroatoms. The van der Waals surface area contributed by atoms with Crippen LogP contribution in [0.1, 0.15) is 111 Å². The van der Waals surface area contributed by atoms with E-state index in [0.717, 1.165) is 5.92 Å². The average molecular weight is 350 g/mol. The second kappa shape index (κ2) is 15.5. The van der Waals surface area contributed by atoms with Crippen LogP contribution in [0.25, 0.3) is 0 Å². The van der Waals surface area contributed by atoms with E-state index in [9.17, 15) is 0 Å². The minimum atomic E-state index is 0.865. The van der Waals surface area contributed by atoms with Gasteiger partial charge in [0, 0.05) is 0 Å². The lowest BCUT2D eigenvalue weighted by atomic mass is 10.0. The first-order valence-corrected chi connectivity index (χ1v) is 11.3. The van der Waals surface area contributed by atoms with Crippen LogP contribution >= 0.6 is 0 Å². The van der Waals surface area contributed by atoms with Crippen LogP contribution < -0.4 is 4.57 Å². The standard InChI is InChI=1S/C23H45N2/c1-4-5-6-7-8-9-10-12-15-18-24-20-21-25(22-24)19-16-13-11-14-17-23(2)3/h20-23H,4-19H2,1-3H3/q+1. The third-order valence-corrected chi connectivity index (χ3v) is 5.21. The van der Waals surface area contributed by atoms with Gasteiger partial charge in [0.25, 0.3) is 0 Å². The topological polar surface area (TPSA) is 8.81 Å². The smallest absolute Gasteiger partial charge is 0.237 e. The van der Waals surface area contributed by atoms with Crippen molar-refractivity contribution >= 4 is 0 Å². The van der Waals surface area contributed by atoms with Crippen molar-refractivity contribution in [2.24, 2.45) is 5.92 Å². The summed E-state index contributed by atoms with van der Waals surface area (Å²) in [4.78, 5) is 0. The maximum atomic E-state index is 2.38. The molecule has 1 rings (SSSR count). The summed E-state index contributed by atoms with van der Waals surface area (Å²) >= 11 is 0. The van der Waals surface area contributed by atoms with E-state index in [4.69, 9.17) is 0 Å². The van der Waals surface area contributed by atoms with Gasteiger partial charge in [0.2, 0.25) is 6.33 Å². The van der Waals surface area contributed by atoms with Crippen LogP contribution in [-0.2, 0) is 13.1 Å². The lowest BCUT2D eigenvalue weighted by Crippen LogP contribution is -2.30. The minimum Gasteiger partial charge on any atom is -0.237 e. The van der Waals surface area contributed by atoms with Crippen molar-refractivity contribution in [2.75, 3.05) is 0 Å². The number of aryl methyl sites for hydroxylation is 2. The van der Waals surface area contributed by atoms with Gasteiger partial charge >= 0.3 is 0 Å². The minimum absolute atomic E-state index is 0.865. The SMILES string of the molecule is CCCCCCCCCCCn1cc[n+](CCCCCCC(C)C)c1. The number of unbranched alkanes of at least 4 members (excludes halogenated alkanes) is 11. The zero-order valence-electron chi connectivity index (χ0n) is 17.5. The Morgan fingerprint density at radius 1 is 0.760 bits per heavy atom. The molecule has 1 aromatic heterocycles. The molecule has 0 unspecified atom stereocenters. The van der Waals surface area contributed by atoms with Gasteiger partial charge in [-0.15, -0.1) is 0 Å². The van der Waals surface area contributed by atoms with Crippen LogP contribution in [0.3, 0.4) is 0 Å². The number of hydrogen-bond donors (Lipinski definition) is 0. The van der Waals surface area contributed by atoms with E-state index in [2.05, 4.69) is 48.6 Å². The van der Waals surface area contributed by atoms with Gasteiger partial charge in [-0.3, -0.25) is 0 Å². The zero-order chi connectivity index (χ0) is 18.2. The third-order valence-electron chi connectivity index (χ3n) is 5.21. The van der Waals surface area contributed by atoms with Crippen LogP contribution in [0.5, 0.6) is 0 Å². The molecule has 0 aliphatic heterocycles. The van der Waals surface area contributed by atoms with Crippen molar-refractivity contribution < 1.29 is 4.57 Å². The summed E-state index contributed by atoms with van der Waals surface area (Å²) in [6.07, 6.45) is 26.4. The number of imidazole rings is 1. The molecule has 146 valence electrons. The highest BCUT2D eigenvalue weighted by atomic mass is 15.1. The number of rotatable bonds is 17. The molecular weight excluding hydrogens is 304 g/mol. The Balaban J connectivity index is 1.95. The molecule has 0 atom stereocenters. The molecule has 0 N–H and O–H groups in total. The van der Waals surface area contributed by atoms with E-state index in [0.29, 0.717) is 0 Å². The van der Waals surface area contributed by atoms with Gasteiger partial charge in [-0.05, 0) is 31.6 Å². The van der Waals surface area contributed by atoms with Crippen molar-refractivity contribution in [1.82, 2.24) is 4.57 Å². The Kier molecular flexibility index (Phi) is 13.8. The molecule has 0 saturated carbocycles. The molecule has 0 aliphatic carbocycles. The van der Waals surface area contributed by atoms with Crippen molar-refractivity contribution in [3.63, 3.8) is 0 Å². The second-order valence-electron chi connectivity index (χ2n) is 8.31. The molecule has 1 aromatic rings. The van der Waals surface area contributed by atoms with Crippen molar-refractivity contribution in [3.8, 4) is 0 Å². The van der Waals surface area contributed by atoms with Crippen molar-refractivity contribution in [2.45, 2.75) is 124 Å². The van der Waals surface area contributed by atoms with Crippen LogP contribution in [0, 0.1) is 5.92 Å². The Morgan fingerprint density at radius 3 is 2.04 bits per heavy atom. The van der Waals surface area contributed by atoms with Crippen molar-refractivity contribution in [3.05, 3.63) is 18.7 Å². The maximum absolute atomic E-state index is 2.38. The molecule has 2 nitrogen and oxygen atoms in total. The third kappa shape index (κ3) is 13.1. The maximum Gasteiger partial charge on any atom is 0.243 e. The van der Waals surface area contributed by atoms with Gasteiger partial charge in [0.05, 0.1) is 13.1 Å². The fourth-order valence-corrected chi connectivity index (χ4v) is 3.51. The van der Waals surface area contributed by atoms with Gasteiger partial charge < -0.3 is 0 Å². The first kappa shape index (κ1) is 22.3. The fraction of sp³-hybridized carbons (Fsp3) is 0.870. The van der Waals surface area contributed by atoms with E-state index in [1.165, 1.54) is 103 Å². The van der Waals surface area contributed by atoms with E-state index < -0.39 is 0 Å². The van der Waals surface area contributed by atoms with Gasteiger partial charge in [-0.1, -0.05) is 85.0 Å². The molecule has 0 fully saturated rings. The monoisotopic (exact) mass is 349 g/mol. The quantitative estimate of drug-likeness (QED) is 0.213. The van der Waals surface area contributed by atoms with Crippen LogP contribution in [0.2, 0.25) is 0 Å². The predicted molar refractivity (Wildman–Crippen MR) is 110 cm³/mol. The van der Waals surface area contributed by atoms with Gasteiger partial charge in [-0.25, -0.2) is 9.13 Å². The van der Waals surface area contributed by atoms with Crippen molar-refractivity contribution in [1.29, 1.82) is 0 Å². The van der Waals surface area contributed by atoms with E-state index in [1.807, 2.05) is 0 Å². The molecule has 0 amide bonds. The predicted octanol–water partition coefficient (Wildman–Crippen LogP) is 6.91. The van der Waals surface area contributed by atoms with Gasteiger partial charge in [0.1, 0.15) is 12.4 Å². The summed E-state index contributed by atoms with van der Waals surface area (Å²) < 4.78 is 4.75. The average Bonchev–Trinajstić information content (AvgIpc) is 3.04. The summed E-state index contributed by atoms with van der Waals surface area (Å²) in [6.45, 7) is 9.32. The normalized spacial score (nSPS) is 11.5. The Labute approximate surface area is 158 Å². The number of nitrogens with zero attached hydrogens (tertiary/aromatic N) is 2. The molecule has 0 radical (unpaired) electrons. The fourth-order valence-electron chi connectivity index (χ4n) is 3.51. The molecule has 0 aliphatic rings. The van der Waals surface area contributed by atoms with Crippen LogP contribution in [-0.4, -0.2) is 4.57 Å². The molecular formula is C23H45N2+. The van der Waals surface area contributed by atoms with Gasteiger partial charge in [-0.2, -0.15) is 0 Å².